The number of rotatable bonds is 20. The van der Waals surface area contributed by atoms with Gasteiger partial charge < -0.3 is 4.90 Å². The van der Waals surface area contributed by atoms with E-state index in [9.17, 15) is 0 Å². The zero-order valence-corrected chi connectivity index (χ0v) is 66.5. The van der Waals surface area contributed by atoms with E-state index in [0.717, 1.165) is 195 Å². The lowest BCUT2D eigenvalue weighted by atomic mass is 9.74. The summed E-state index contributed by atoms with van der Waals surface area (Å²) in [5.41, 5.74) is 39.8. The maximum absolute atomic E-state index is 5.51. The molecule has 0 atom stereocenters. The second kappa shape index (κ2) is 33.7. The molecular weight excluding hydrogens is 1460 g/mol. The van der Waals surface area contributed by atoms with E-state index in [1.807, 2.05) is 24.5 Å². The Balaban J connectivity index is 0.738. The van der Waals surface area contributed by atoms with Gasteiger partial charge in [0, 0.05) is 69.0 Å². The first-order valence-electron chi connectivity index (χ1n) is 41.2. The van der Waals surface area contributed by atoms with E-state index in [1.165, 1.54) is 11.1 Å². The van der Waals surface area contributed by atoms with Crippen molar-refractivity contribution in [3.05, 3.63) is 486 Å². The van der Waals surface area contributed by atoms with Crippen LogP contribution in [0.15, 0.2) is 486 Å². The fourth-order valence-corrected chi connectivity index (χ4v) is 17.3. The van der Waals surface area contributed by atoms with E-state index in [2.05, 4.69) is 466 Å². The van der Waals surface area contributed by atoms with Gasteiger partial charge in [-0.2, -0.15) is 0 Å². The van der Waals surface area contributed by atoms with Crippen molar-refractivity contribution in [2.24, 2.45) is 0 Å². The van der Waals surface area contributed by atoms with Gasteiger partial charge in [0.2, 0.25) is 0 Å². The molecule has 121 heavy (non-hydrogen) atoms. The number of aromatic nitrogens is 3. The Kier molecular flexibility index (Phi) is 20.6. The third kappa shape index (κ3) is 15.2. The van der Waals surface area contributed by atoms with Crippen LogP contribution >= 0.6 is 0 Å². The Morgan fingerprint density at radius 2 is 0.314 bits per heavy atom. The standard InChI is InChI=1S/C117H80N4/c1-9-32-81(33-10-1)83-56-65-100(66-57-83)121(101-67-58-84(59-68-101)82-34-11-2-12-35-82)102-69-60-91(61-70-102)116-114(89-44-21-7-22-45-89)112(87-40-17-5-18-41-87)113(88-42-19-6-20-43-88)115(90-46-23-8-24-47-90)117(116)93-49-31-48-92(74-93)111-73-64-96(80-120-111)105-52-27-30-55-108(105)99-76-97(106-53-28-25-50-103(106)94-62-71-109(118-78-94)85-36-13-3-14-37-85)75-98(77-99)107-54-29-26-51-104(107)95-63-72-110(119-79-95)86-38-15-4-16-39-86/h1-80H. The van der Waals surface area contributed by atoms with Gasteiger partial charge in [-0.1, -0.05) is 388 Å². The Morgan fingerprint density at radius 3 is 0.595 bits per heavy atom. The molecule has 4 nitrogen and oxygen atoms in total. The highest BCUT2D eigenvalue weighted by Crippen LogP contribution is 2.57. The predicted octanol–water partition coefficient (Wildman–Crippen LogP) is 31.7. The first-order valence-corrected chi connectivity index (χ1v) is 41.2. The lowest BCUT2D eigenvalue weighted by Crippen LogP contribution is -2.10. The molecule has 0 radical (unpaired) electrons. The van der Waals surface area contributed by atoms with Gasteiger partial charge in [-0.15, -0.1) is 0 Å². The minimum Gasteiger partial charge on any atom is -0.311 e. The summed E-state index contributed by atoms with van der Waals surface area (Å²) in [6.07, 6.45) is 6.08. The molecule has 0 aliphatic rings. The summed E-state index contributed by atoms with van der Waals surface area (Å²) in [4.78, 5) is 18.0. The number of hydrogen-bond acceptors (Lipinski definition) is 4. The fourth-order valence-electron chi connectivity index (χ4n) is 17.3. The highest BCUT2D eigenvalue weighted by molar-refractivity contribution is 6.15. The molecule has 0 saturated heterocycles. The van der Waals surface area contributed by atoms with Crippen molar-refractivity contribution in [1.82, 2.24) is 15.0 Å². The van der Waals surface area contributed by atoms with Crippen LogP contribution in [0.1, 0.15) is 0 Å². The molecule has 0 N–H and O–H groups in total. The minimum atomic E-state index is 0.853. The van der Waals surface area contributed by atoms with Crippen LogP contribution in [0, 0.1) is 0 Å². The zero-order valence-electron chi connectivity index (χ0n) is 66.5. The van der Waals surface area contributed by atoms with Gasteiger partial charge in [-0.05, 0) is 218 Å². The van der Waals surface area contributed by atoms with Crippen molar-refractivity contribution < 1.29 is 0 Å². The summed E-state index contributed by atoms with van der Waals surface area (Å²) in [6.45, 7) is 0. The average Bonchev–Trinajstić information content (AvgIpc) is 0.715. The molecule has 0 saturated carbocycles. The molecule has 20 rings (SSSR count). The first kappa shape index (κ1) is 73.9. The lowest BCUT2D eigenvalue weighted by molar-refractivity contribution is 1.28. The number of anilines is 3. The highest BCUT2D eigenvalue weighted by Gasteiger charge is 2.30. The van der Waals surface area contributed by atoms with E-state index in [-0.39, 0.29) is 0 Å². The molecule has 0 bridgehead atoms. The Morgan fingerprint density at radius 1 is 0.124 bits per heavy atom. The van der Waals surface area contributed by atoms with Gasteiger partial charge in [0.25, 0.3) is 0 Å². The SMILES string of the molecule is c1ccc(-c2ccc(N(c3ccc(-c4ccccc4)cc3)c3ccc(-c4c(-c5ccccc5)c(-c5ccccc5)c(-c5ccccc5)c(-c5ccccc5)c4-c4cccc(-c5ccc(-c6ccccc6-c6cc(-c7ccccc7-c7ccc(-c8ccccc8)nc7)cc(-c7ccccc7-c7ccc(-c8ccccc8)nc7)c6)cn5)c4)cc3)cc2)cc1. The summed E-state index contributed by atoms with van der Waals surface area (Å²) >= 11 is 0. The van der Waals surface area contributed by atoms with E-state index < -0.39 is 0 Å². The monoisotopic (exact) mass is 1540 g/mol. The van der Waals surface area contributed by atoms with Gasteiger partial charge in [0.05, 0.1) is 17.1 Å². The second-order valence-electron chi connectivity index (χ2n) is 30.5. The fraction of sp³-hybridized carbons (Fsp3) is 0. The number of benzene rings is 17. The minimum absolute atomic E-state index is 0.853. The topological polar surface area (TPSA) is 41.9 Å². The Hall–Kier alpha value is -16.0. The molecule has 0 aliphatic carbocycles. The van der Waals surface area contributed by atoms with Crippen LogP contribution in [0.25, 0.3) is 190 Å². The molecule has 568 valence electrons. The van der Waals surface area contributed by atoms with Crippen molar-refractivity contribution in [3.8, 4) is 190 Å². The van der Waals surface area contributed by atoms with Crippen molar-refractivity contribution >= 4 is 17.1 Å². The van der Waals surface area contributed by atoms with Crippen LogP contribution in [0.2, 0.25) is 0 Å². The molecule has 0 fully saturated rings. The Bertz CT molecular complexity index is 6770. The Labute approximate surface area is 707 Å². The second-order valence-corrected chi connectivity index (χ2v) is 30.5. The number of hydrogen-bond donors (Lipinski definition) is 0. The summed E-state index contributed by atoms with van der Waals surface area (Å²) < 4.78 is 0. The largest absolute Gasteiger partial charge is 0.311 e. The molecule has 4 heteroatoms. The zero-order chi connectivity index (χ0) is 80.6. The highest BCUT2D eigenvalue weighted by atomic mass is 15.1. The van der Waals surface area contributed by atoms with Crippen LogP contribution < -0.4 is 4.90 Å². The van der Waals surface area contributed by atoms with Gasteiger partial charge >= 0.3 is 0 Å². The van der Waals surface area contributed by atoms with Gasteiger partial charge in [0.15, 0.2) is 0 Å². The van der Waals surface area contributed by atoms with Gasteiger partial charge in [-0.3, -0.25) is 15.0 Å². The summed E-state index contributed by atoms with van der Waals surface area (Å²) in [5, 5.41) is 0. The normalized spacial score (nSPS) is 11.1. The summed E-state index contributed by atoms with van der Waals surface area (Å²) in [6, 6.07) is 169. The molecule has 0 amide bonds. The van der Waals surface area contributed by atoms with Crippen molar-refractivity contribution in [3.63, 3.8) is 0 Å². The summed E-state index contributed by atoms with van der Waals surface area (Å²) in [5.74, 6) is 0. The van der Waals surface area contributed by atoms with Crippen molar-refractivity contribution in [2.75, 3.05) is 4.90 Å². The van der Waals surface area contributed by atoms with E-state index >= 15 is 0 Å². The van der Waals surface area contributed by atoms with Crippen LogP contribution in [0.3, 0.4) is 0 Å². The predicted molar refractivity (Wildman–Crippen MR) is 507 cm³/mol. The maximum Gasteiger partial charge on any atom is 0.0702 e. The first-order chi connectivity index (χ1) is 60.0. The van der Waals surface area contributed by atoms with Crippen molar-refractivity contribution in [2.45, 2.75) is 0 Å². The molecule has 20 aromatic rings. The average molecular weight is 1540 g/mol. The molecule has 3 heterocycles. The molecule has 0 unspecified atom stereocenters. The smallest absolute Gasteiger partial charge is 0.0702 e. The van der Waals surface area contributed by atoms with E-state index in [1.54, 1.807) is 0 Å². The van der Waals surface area contributed by atoms with Crippen LogP contribution in [-0.4, -0.2) is 15.0 Å². The van der Waals surface area contributed by atoms with Crippen molar-refractivity contribution in [1.29, 1.82) is 0 Å². The van der Waals surface area contributed by atoms with E-state index in [0.29, 0.717) is 0 Å². The lowest BCUT2D eigenvalue weighted by Gasteiger charge is -2.29. The van der Waals surface area contributed by atoms with Crippen LogP contribution in [0.5, 0.6) is 0 Å². The van der Waals surface area contributed by atoms with Gasteiger partial charge in [0.1, 0.15) is 0 Å². The molecular formula is C117H80N4. The maximum atomic E-state index is 5.51. The van der Waals surface area contributed by atoms with Gasteiger partial charge in [-0.25, -0.2) is 0 Å². The third-order valence-corrected chi connectivity index (χ3v) is 23.1. The quantitative estimate of drug-likeness (QED) is 0.0763. The molecule has 3 aromatic heterocycles. The summed E-state index contributed by atoms with van der Waals surface area (Å²) in [7, 11) is 0. The molecule has 17 aromatic carbocycles. The molecule has 0 spiro atoms. The number of pyridine rings is 3. The molecule has 0 aliphatic heterocycles. The third-order valence-electron chi connectivity index (χ3n) is 23.1. The van der Waals surface area contributed by atoms with Crippen LogP contribution in [0.4, 0.5) is 17.1 Å². The number of nitrogens with zero attached hydrogens (tertiary/aromatic N) is 4. The van der Waals surface area contributed by atoms with E-state index in [4.69, 9.17) is 15.0 Å². The van der Waals surface area contributed by atoms with Crippen LogP contribution in [-0.2, 0) is 0 Å².